The second-order valence-corrected chi connectivity index (χ2v) is 9.14. The first-order valence-corrected chi connectivity index (χ1v) is 11.8. The third-order valence-corrected chi connectivity index (χ3v) is 6.70. The number of halogens is 3. The summed E-state index contributed by atoms with van der Waals surface area (Å²) in [5.74, 6) is 0.0596. The zero-order valence-corrected chi connectivity index (χ0v) is 20.0. The summed E-state index contributed by atoms with van der Waals surface area (Å²) in [5.41, 5.74) is 1.27. The number of carbonyl (C=O) groups excluding carboxylic acids is 1. The van der Waals surface area contributed by atoms with Crippen molar-refractivity contribution in [2.24, 2.45) is 5.10 Å². The van der Waals surface area contributed by atoms with Crippen molar-refractivity contribution < 1.29 is 35.9 Å². The molecule has 12 heteroatoms. The van der Waals surface area contributed by atoms with Crippen molar-refractivity contribution in [2.75, 3.05) is 25.1 Å². The van der Waals surface area contributed by atoms with Gasteiger partial charge in [-0.2, -0.15) is 18.3 Å². The Balaban J connectivity index is 1.90. The van der Waals surface area contributed by atoms with Gasteiger partial charge in [0.05, 0.1) is 36.6 Å². The Morgan fingerprint density at radius 2 is 1.72 bits per heavy atom. The summed E-state index contributed by atoms with van der Waals surface area (Å²) < 4.78 is 77.3. The van der Waals surface area contributed by atoms with Gasteiger partial charge in [-0.3, -0.25) is 9.10 Å². The van der Waals surface area contributed by atoms with Crippen LogP contribution in [0, 0.1) is 0 Å². The first-order valence-electron chi connectivity index (χ1n) is 10.3. The molecule has 0 heterocycles. The van der Waals surface area contributed by atoms with Crippen LogP contribution in [0.2, 0.25) is 0 Å². The standard InChI is InChI=1S/C24H22F3N3O5S/c1-34-20-11-12-22(35-2)17(13-20)15-28-29-23(31)16-30(36(32,33)21-9-4-3-5-10-21)19-8-6-7-18(14-19)24(25,26)27/h3-15H,16H2,1-2H3,(H,29,31)/b28-15-. The Kier molecular flexibility index (Phi) is 8.20. The molecular weight excluding hydrogens is 499 g/mol. The summed E-state index contributed by atoms with van der Waals surface area (Å²) in [6.45, 7) is -0.828. The number of carbonyl (C=O) groups is 1. The van der Waals surface area contributed by atoms with Gasteiger partial charge in [0.1, 0.15) is 18.0 Å². The van der Waals surface area contributed by atoms with Gasteiger partial charge in [0.25, 0.3) is 15.9 Å². The number of hydrogen-bond donors (Lipinski definition) is 1. The lowest BCUT2D eigenvalue weighted by atomic mass is 10.2. The molecule has 36 heavy (non-hydrogen) atoms. The molecule has 8 nitrogen and oxygen atoms in total. The first-order chi connectivity index (χ1) is 17.1. The maximum absolute atomic E-state index is 13.3. The molecule has 3 aromatic carbocycles. The highest BCUT2D eigenvalue weighted by atomic mass is 32.2. The van der Waals surface area contributed by atoms with E-state index < -0.39 is 34.2 Å². The maximum atomic E-state index is 13.3. The van der Waals surface area contributed by atoms with Crippen molar-refractivity contribution in [3.05, 3.63) is 83.9 Å². The van der Waals surface area contributed by atoms with Crippen LogP contribution in [0.4, 0.5) is 18.9 Å². The fraction of sp³-hybridized carbons (Fsp3) is 0.167. The normalized spacial score (nSPS) is 11.8. The van der Waals surface area contributed by atoms with Crippen LogP contribution in [0.3, 0.4) is 0 Å². The lowest BCUT2D eigenvalue weighted by Gasteiger charge is -2.24. The Labute approximate surface area is 206 Å². The molecule has 0 aliphatic carbocycles. The lowest BCUT2D eigenvalue weighted by Crippen LogP contribution is -2.39. The van der Waals surface area contributed by atoms with Gasteiger partial charge < -0.3 is 9.47 Å². The van der Waals surface area contributed by atoms with Crippen LogP contribution in [0.1, 0.15) is 11.1 Å². The van der Waals surface area contributed by atoms with E-state index in [4.69, 9.17) is 9.47 Å². The Morgan fingerprint density at radius 1 is 1.00 bits per heavy atom. The smallest absolute Gasteiger partial charge is 0.416 e. The van der Waals surface area contributed by atoms with E-state index in [0.29, 0.717) is 27.4 Å². The zero-order chi connectivity index (χ0) is 26.3. The highest BCUT2D eigenvalue weighted by Gasteiger charge is 2.33. The van der Waals surface area contributed by atoms with Gasteiger partial charge in [0, 0.05) is 5.56 Å². The molecule has 0 aliphatic heterocycles. The molecule has 3 aromatic rings. The number of benzene rings is 3. The fourth-order valence-electron chi connectivity index (χ4n) is 3.15. The zero-order valence-electron chi connectivity index (χ0n) is 19.2. The van der Waals surface area contributed by atoms with Crippen molar-refractivity contribution in [3.63, 3.8) is 0 Å². The maximum Gasteiger partial charge on any atom is 0.416 e. The number of alkyl halides is 3. The Bertz CT molecular complexity index is 1350. The minimum Gasteiger partial charge on any atom is -0.497 e. The minimum atomic E-state index is -4.71. The molecule has 0 spiro atoms. The van der Waals surface area contributed by atoms with Gasteiger partial charge >= 0.3 is 6.18 Å². The summed E-state index contributed by atoms with van der Waals surface area (Å²) in [5, 5.41) is 3.82. The molecule has 0 aliphatic rings. The second kappa shape index (κ2) is 11.1. The molecule has 190 valence electrons. The molecule has 0 saturated heterocycles. The van der Waals surface area contributed by atoms with Gasteiger partial charge in [-0.25, -0.2) is 13.8 Å². The number of hydrogen-bond acceptors (Lipinski definition) is 6. The number of methoxy groups -OCH3 is 2. The summed E-state index contributed by atoms with van der Waals surface area (Å²) >= 11 is 0. The van der Waals surface area contributed by atoms with E-state index >= 15 is 0 Å². The van der Waals surface area contributed by atoms with E-state index in [2.05, 4.69) is 10.5 Å². The molecule has 0 fully saturated rings. The number of nitrogens with zero attached hydrogens (tertiary/aromatic N) is 2. The van der Waals surface area contributed by atoms with E-state index in [9.17, 15) is 26.4 Å². The van der Waals surface area contributed by atoms with Crippen LogP contribution in [-0.2, 0) is 21.0 Å². The third-order valence-electron chi connectivity index (χ3n) is 4.91. The first kappa shape index (κ1) is 26.5. The van der Waals surface area contributed by atoms with Crippen molar-refractivity contribution >= 4 is 27.8 Å². The molecule has 0 atom stereocenters. The van der Waals surface area contributed by atoms with Gasteiger partial charge in [0.2, 0.25) is 0 Å². The van der Waals surface area contributed by atoms with E-state index in [0.717, 1.165) is 12.1 Å². The minimum absolute atomic E-state index is 0.195. The lowest BCUT2D eigenvalue weighted by molar-refractivity contribution is -0.137. The number of anilines is 1. The third kappa shape index (κ3) is 6.33. The van der Waals surface area contributed by atoms with Gasteiger partial charge in [-0.1, -0.05) is 24.3 Å². The number of nitrogens with one attached hydrogen (secondary N) is 1. The monoisotopic (exact) mass is 521 g/mol. The predicted molar refractivity (Wildman–Crippen MR) is 128 cm³/mol. The average molecular weight is 522 g/mol. The van der Waals surface area contributed by atoms with Gasteiger partial charge in [-0.15, -0.1) is 0 Å². The molecule has 1 amide bonds. The summed E-state index contributed by atoms with van der Waals surface area (Å²) in [7, 11) is -1.48. The SMILES string of the molecule is COc1ccc(OC)c(/C=N\NC(=O)CN(c2cccc(C(F)(F)F)c2)S(=O)(=O)c2ccccc2)c1. The molecule has 0 bridgehead atoms. The van der Waals surface area contributed by atoms with E-state index in [1.54, 1.807) is 24.3 Å². The van der Waals surface area contributed by atoms with Crippen LogP contribution in [0.25, 0.3) is 0 Å². The summed E-state index contributed by atoms with van der Waals surface area (Å²) in [4.78, 5) is 12.5. The van der Waals surface area contributed by atoms with Crippen LogP contribution in [0.5, 0.6) is 11.5 Å². The van der Waals surface area contributed by atoms with Crippen LogP contribution in [0.15, 0.2) is 82.8 Å². The van der Waals surface area contributed by atoms with Crippen molar-refractivity contribution in [1.29, 1.82) is 0 Å². The fourth-order valence-corrected chi connectivity index (χ4v) is 4.59. The van der Waals surface area contributed by atoms with E-state index in [1.807, 2.05) is 0 Å². The van der Waals surface area contributed by atoms with Crippen molar-refractivity contribution in [1.82, 2.24) is 5.43 Å². The predicted octanol–water partition coefficient (Wildman–Crippen LogP) is 4.07. The number of ether oxygens (including phenoxy) is 2. The molecule has 3 rings (SSSR count). The second-order valence-electron chi connectivity index (χ2n) is 7.27. The summed E-state index contributed by atoms with van der Waals surface area (Å²) in [6, 6.07) is 15.7. The molecule has 0 aromatic heterocycles. The number of sulfonamides is 1. The number of amides is 1. The molecule has 0 unspecified atom stereocenters. The van der Waals surface area contributed by atoms with Crippen molar-refractivity contribution in [3.8, 4) is 11.5 Å². The average Bonchev–Trinajstić information content (AvgIpc) is 2.87. The van der Waals surface area contributed by atoms with E-state index in [1.165, 1.54) is 50.8 Å². The Morgan fingerprint density at radius 3 is 2.36 bits per heavy atom. The van der Waals surface area contributed by atoms with E-state index in [-0.39, 0.29) is 10.6 Å². The van der Waals surface area contributed by atoms with Crippen LogP contribution >= 0.6 is 0 Å². The molecule has 0 saturated carbocycles. The Hall–Kier alpha value is -4.06. The molecule has 0 radical (unpaired) electrons. The van der Waals surface area contributed by atoms with Crippen LogP contribution in [-0.4, -0.2) is 41.3 Å². The highest BCUT2D eigenvalue weighted by molar-refractivity contribution is 7.92. The summed E-state index contributed by atoms with van der Waals surface area (Å²) in [6.07, 6.45) is -3.44. The quantitative estimate of drug-likeness (QED) is 0.338. The van der Waals surface area contributed by atoms with Gasteiger partial charge in [0.15, 0.2) is 0 Å². The van der Waals surface area contributed by atoms with Gasteiger partial charge in [-0.05, 0) is 48.5 Å². The van der Waals surface area contributed by atoms with Crippen LogP contribution < -0.4 is 19.2 Å². The number of rotatable bonds is 9. The number of hydrazone groups is 1. The highest BCUT2D eigenvalue weighted by Crippen LogP contribution is 2.33. The largest absolute Gasteiger partial charge is 0.497 e. The molecular formula is C24H22F3N3O5S. The topological polar surface area (TPSA) is 97.3 Å². The van der Waals surface area contributed by atoms with Crippen molar-refractivity contribution in [2.45, 2.75) is 11.1 Å². The molecule has 1 N–H and O–H groups in total.